The van der Waals surface area contributed by atoms with Crippen molar-refractivity contribution >= 4 is 41.0 Å². The van der Waals surface area contributed by atoms with Crippen molar-refractivity contribution < 1.29 is 33.4 Å². The number of benzene rings is 2. The van der Waals surface area contributed by atoms with Crippen LogP contribution in [-0.4, -0.2) is 42.9 Å². The van der Waals surface area contributed by atoms with E-state index in [0.29, 0.717) is 23.5 Å². The summed E-state index contributed by atoms with van der Waals surface area (Å²) < 4.78 is 10.3. The predicted octanol–water partition coefficient (Wildman–Crippen LogP) is 3.61. The van der Waals surface area contributed by atoms with E-state index in [2.05, 4.69) is 5.32 Å². The van der Waals surface area contributed by atoms with Gasteiger partial charge in [-0.2, -0.15) is 0 Å². The van der Waals surface area contributed by atoms with Crippen molar-refractivity contribution in [2.24, 2.45) is 29.6 Å². The van der Waals surface area contributed by atoms with E-state index in [1.807, 2.05) is 26.0 Å². The number of allylic oxidation sites excluding steroid dienone is 2. The van der Waals surface area contributed by atoms with Crippen LogP contribution in [0.2, 0.25) is 0 Å². The molecule has 9 heteroatoms. The van der Waals surface area contributed by atoms with Gasteiger partial charge in [0, 0.05) is 5.69 Å². The highest BCUT2D eigenvalue weighted by Crippen LogP contribution is 2.53. The minimum absolute atomic E-state index is 0.121. The Morgan fingerprint density at radius 2 is 1.37 bits per heavy atom. The topological polar surface area (TPSA) is 119 Å². The van der Waals surface area contributed by atoms with Crippen LogP contribution in [0.5, 0.6) is 0 Å². The zero-order chi connectivity index (χ0) is 27.0. The summed E-state index contributed by atoms with van der Waals surface area (Å²) in [5.74, 6) is -2.21. The van der Waals surface area contributed by atoms with Crippen LogP contribution in [0.3, 0.4) is 0 Å². The van der Waals surface area contributed by atoms with Gasteiger partial charge >= 0.3 is 11.9 Å². The van der Waals surface area contributed by atoms with Crippen molar-refractivity contribution in [2.75, 3.05) is 23.4 Å². The molecule has 3 aliphatic rings. The molecule has 2 aromatic carbocycles. The average Bonchev–Trinajstić information content (AvgIpc) is 3.60. The van der Waals surface area contributed by atoms with E-state index in [1.165, 1.54) is 41.3 Å². The molecule has 0 radical (unpaired) electrons. The molecule has 5 rings (SSSR count). The third-order valence-electron chi connectivity index (χ3n) is 7.12. The summed E-state index contributed by atoms with van der Waals surface area (Å²) >= 11 is 0. The Labute approximate surface area is 219 Å². The second-order valence-electron chi connectivity index (χ2n) is 10.3. The van der Waals surface area contributed by atoms with E-state index in [-0.39, 0.29) is 47.0 Å². The molecule has 38 heavy (non-hydrogen) atoms. The Morgan fingerprint density at radius 1 is 0.842 bits per heavy atom. The summed E-state index contributed by atoms with van der Waals surface area (Å²) in [4.78, 5) is 63.8. The zero-order valence-corrected chi connectivity index (χ0v) is 21.1. The summed E-state index contributed by atoms with van der Waals surface area (Å²) in [5, 5.41) is 2.60. The van der Waals surface area contributed by atoms with Crippen LogP contribution in [-0.2, 0) is 23.9 Å². The molecule has 0 unspecified atom stereocenters. The number of nitrogens with one attached hydrogen (secondary N) is 1. The van der Waals surface area contributed by atoms with Gasteiger partial charge in [-0.05, 0) is 72.7 Å². The van der Waals surface area contributed by atoms with Gasteiger partial charge in [-0.1, -0.05) is 26.0 Å². The van der Waals surface area contributed by atoms with Crippen LogP contribution in [0.15, 0.2) is 60.7 Å². The van der Waals surface area contributed by atoms with E-state index in [4.69, 9.17) is 9.47 Å². The number of rotatable bonds is 8. The molecular formula is C29H28N2O7. The lowest BCUT2D eigenvalue weighted by atomic mass is 9.85. The molecule has 2 bridgehead atoms. The molecule has 0 aromatic heterocycles. The summed E-state index contributed by atoms with van der Waals surface area (Å²) in [6.07, 6.45) is 4.93. The second kappa shape index (κ2) is 10.2. The van der Waals surface area contributed by atoms with Gasteiger partial charge in [0.15, 0.2) is 6.61 Å². The predicted molar refractivity (Wildman–Crippen MR) is 137 cm³/mol. The highest BCUT2D eigenvalue weighted by molar-refractivity contribution is 6.22. The lowest BCUT2D eigenvalue weighted by molar-refractivity contribution is -0.123. The smallest absolute Gasteiger partial charge is 0.338 e. The van der Waals surface area contributed by atoms with Crippen LogP contribution in [0.4, 0.5) is 11.4 Å². The monoisotopic (exact) mass is 516 g/mol. The van der Waals surface area contributed by atoms with Crippen LogP contribution < -0.4 is 10.2 Å². The fourth-order valence-electron chi connectivity index (χ4n) is 5.33. The Kier molecular flexibility index (Phi) is 6.84. The summed E-state index contributed by atoms with van der Waals surface area (Å²) in [6.45, 7) is 3.69. The molecule has 1 saturated heterocycles. The van der Waals surface area contributed by atoms with E-state index in [1.54, 1.807) is 12.1 Å². The molecule has 1 aliphatic heterocycles. The first-order valence-corrected chi connectivity index (χ1v) is 12.6. The molecule has 3 amide bonds. The van der Waals surface area contributed by atoms with Crippen LogP contribution >= 0.6 is 0 Å². The van der Waals surface area contributed by atoms with Gasteiger partial charge in [-0.3, -0.25) is 19.3 Å². The summed E-state index contributed by atoms with van der Waals surface area (Å²) in [6, 6.07) is 12.2. The lowest BCUT2D eigenvalue weighted by Gasteiger charge is -2.17. The summed E-state index contributed by atoms with van der Waals surface area (Å²) in [7, 11) is 0. The molecule has 4 atom stereocenters. The third-order valence-corrected chi connectivity index (χ3v) is 7.12. The Morgan fingerprint density at radius 3 is 1.92 bits per heavy atom. The van der Waals surface area contributed by atoms with Crippen molar-refractivity contribution in [3.05, 3.63) is 71.8 Å². The molecule has 2 aromatic rings. The standard InChI is InChI=1S/C29H28N2O7/c1-16(2)14-37-28(35)17-5-9-21(10-6-17)30-23(32)15-38-29(36)18-7-11-22(12-8-18)31-26(33)24-19-3-4-20(13-19)25(24)27(31)34/h3-12,16,19-20,24-25H,13-15H2,1-2H3,(H,30,32)/t19-,20-,24-,25-/m0/s1. The summed E-state index contributed by atoms with van der Waals surface area (Å²) in [5.41, 5.74) is 1.40. The van der Waals surface area contributed by atoms with Crippen molar-refractivity contribution in [3.8, 4) is 0 Å². The van der Waals surface area contributed by atoms with E-state index in [0.717, 1.165) is 6.42 Å². The first-order valence-electron chi connectivity index (χ1n) is 12.6. The molecule has 1 saturated carbocycles. The number of esters is 2. The minimum atomic E-state index is -0.715. The SMILES string of the molecule is CC(C)COC(=O)c1ccc(NC(=O)COC(=O)c2ccc(N3C(=O)[C@@H]4[C@@H](C3=O)[C@H]3C=C[C@H]4C3)cc2)cc1. The van der Waals surface area contributed by atoms with E-state index >= 15 is 0 Å². The zero-order valence-electron chi connectivity index (χ0n) is 21.1. The van der Waals surface area contributed by atoms with E-state index in [9.17, 15) is 24.0 Å². The number of carbonyl (C=O) groups is 5. The molecule has 9 nitrogen and oxygen atoms in total. The lowest BCUT2D eigenvalue weighted by Crippen LogP contribution is -2.32. The number of hydrogen-bond donors (Lipinski definition) is 1. The maximum absolute atomic E-state index is 13.0. The maximum Gasteiger partial charge on any atom is 0.338 e. The van der Waals surface area contributed by atoms with Crippen molar-refractivity contribution in [1.82, 2.24) is 0 Å². The molecule has 2 fully saturated rings. The number of fused-ring (bicyclic) bond motifs is 5. The number of imide groups is 1. The number of hydrogen-bond acceptors (Lipinski definition) is 7. The molecule has 1 N–H and O–H groups in total. The number of anilines is 2. The average molecular weight is 517 g/mol. The van der Waals surface area contributed by atoms with Gasteiger partial charge in [-0.15, -0.1) is 0 Å². The number of amides is 3. The fourth-order valence-corrected chi connectivity index (χ4v) is 5.33. The van der Waals surface area contributed by atoms with Gasteiger partial charge in [0.1, 0.15) is 0 Å². The first-order chi connectivity index (χ1) is 18.2. The number of carbonyl (C=O) groups excluding carboxylic acids is 5. The molecular weight excluding hydrogens is 488 g/mol. The molecule has 196 valence electrons. The Bertz CT molecular complexity index is 1280. The number of ether oxygens (including phenoxy) is 2. The van der Waals surface area contributed by atoms with Crippen LogP contribution in [0, 0.1) is 29.6 Å². The largest absolute Gasteiger partial charge is 0.462 e. The fraction of sp³-hybridized carbons (Fsp3) is 0.345. The van der Waals surface area contributed by atoms with Gasteiger partial charge in [0.2, 0.25) is 11.8 Å². The van der Waals surface area contributed by atoms with Crippen molar-refractivity contribution in [1.29, 1.82) is 0 Å². The van der Waals surface area contributed by atoms with Gasteiger partial charge in [0.05, 0.1) is 35.3 Å². The van der Waals surface area contributed by atoms with Gasteiger partial charge in [0.25, 0.3) is 5.91 Å². The van der Waals surface area contributed by atoms with Crippen LogP contribution in [0.25, 0.3) is 0 Å². The first kappa shape index (κ1) is 25.4. The van der Waals surface area contributed by atoms with E-state index < -0.39 is 24.5 Å². The molecule has 0 spiro atoms. The highest BCUT2D eigenvalue weighted by atomic mass is 16.5. The molecule has 1 heterocycles. The Balaban J connectivity index is 1.12. The van der Waals surface area contributed by atoms with Crippen molar-refractivity contribution in [3.63, 3.8) is 0 Å². The second-order valence-corrected chi connectivity index (χ2v) is 10.3. The molecule has 2 aliphatic carbocycles. The van der Waals surface area contributed by atoms with Crippen molar-refractivity contribution in [2.45, 2.75) is 20.3 Å². The number of nitrogens with zero attached hydrogens (tertiary/aromatic N) is 1. The van der Waals surface area contributed by atoms with Gasteiger partial charge < -0.3 is 14.8 Å². The van der Waals surface area contributed by atoms with Gasteiger partial charge in [-0.25, -0.2) is 9.59 Å². The minimum Gasteiger partial charge on any atom is -0.462 e. The normalized spacial score (nSPS) is 23.1. The maximum atomic E-state index is 13.0. The third kappa shape index (κ3) is 4.83. The Hall–Kier alpha value is -4.27. The highest BCUT2D eigenvalue weighted by Gasteiger charge is 2.59. The van der Waals surface area contributed by atoms with Crippen LogP contribution in [0.1, 0.15) is 41.0 Å². The quantitative estimate of drug-likeness (QED) is 0.323.